The highest BCUT2D eigenvalue weighted by atomic mass is 16.5. The van der Waals surface area contributed by atoms with E-state index in [0.717, 1.165) is 44.2 Å². The van der Waals surface area contributed by atoms with E-state index in [1.165, 1.54) is 5.56 Å². The Hall–Kier alpha value is -2.48. The van der Waals surface area contributed by atoms with E-state index in [0.29, 0.717) is 13.2 Å². The molecule has 8 heteroatoms. The molecule has 2 aromatic rings. The van der Waals surface area contributed by atoms with Crippen molar-refractivity contribution < 1.29 is 9.53 Å². The quantitative estimate of drug-likeness (QED) is 0.750. The predicted octanol–water partition coefficient (Wildman–Crippen LogP) is 1.05. The molecule has 8 nitrogen and oxygen atoms in total. The summed E-state index contributed by atoms with van der Waals surface area (Å²) in [5.41, 5.74) is 2.14. The zero-order valence-corrected chi connectivity index (χ0v) is 14.8. The number of rotatable bonds is 5. The van der Waals surface area contributed by atoms with Crippen molar-refractivity contribution in [3.05, 3.63) is 29.8 Å². The Bertz CT molecular complexity index is 699. The largest absolute Gasteiger partial charge is 0.465 e. The molecule has 25 heavy (non-hydrogen) atoms. The first-order chi connectivity index (χ1) is 12.2. The molecule has 0 unspecified atom stereocenters. The fourth-order valence-electron chi connectivity index (χ4n) is 2.95. The second kappa shape index (κ2) is 8.06. The van der Waals surface area contributed by atoms with Crippen LogP contribution in [0.15, 0.2) is 24.3 Å². The summed E-state index contributed by atoms with van der Waals surface area (Å²) in [7, 11) is 0. The lowest BCUT2D eigenvalue weighted by atomic mass is 10.2. The van der Waals surface area contributed by atoms with Crippen LogP contribution >= 0.6 is 0 Å². The lowest BCUT2D eigenvalue weighted by Crippen LogP contribution is -2.35. The molecule has 0 spiro atoms. The van der Waals surface area contributed by atoms with Crippen LogP contribution < -0.4 is 4.90 Å². The first-order valence-corrected chi connectivity index (χ1v) is 8.65. The molecule has 1 aromatic carbocycles. The van der Waals surface area contributed by atoms with Gasteiger partial charge in [0.1, 0.15) is 0 Å². The molecule has 0 amide bonds. The molecule has 3 rings (SSSR count). The van der Waals surface area contributed by atoms with Crippen LogP contribution in [-0.2, 0) is 9.53 Å². The molecule has 0 radical (unpaired) electrons. The Morgan fingerprint density at radius 2 is 1.96 bits per heavy atom. The highest BCUT2D eigenvalue weighted by Crippen LogP contribution is 2.17. The molecule has 1 aliphatic heterocycles. The molecule has 2 heterocycles. The average molecular weight is 344 g/mol. The smallest absolute Gasteiger partial charge is 0.320 e. The van der Waals surface area contributed by atoms with Crippen LogP contribution in [0.25, 0.3) is 5.69 Å². The minimum Gasteiger partial charge on any atom is -0.465 e. The number of carbonyl (C=O) groups is 1. The van der Waals surface area contributed by atoms with Crippen LogP contribution in [0.2, 0.25) is 0 Å². The van der Waals surface area contributed by atoms with Gasteiger partial charge in [-0.3, -0.25) is 9.69 Å². The molecule has 1 fully saturated rings. The van der Waals surface area contributed by atoms with Crippen LogP contribution in [0.1, 0.15) is 18.9 Å². The van der Waals surface area contributed by atoms with Crippen LogP contribution in [0.4, 0.5) is 5.95 Å². The number of carbonyl (C=O) groups excluding carboxylic acids is 1. The Labute approximate surface area is 147 Å². The standard InChI is InChI=1S/C17H24N6O2/c1-3-25-16(24)13-21-9-4-10-22(12-11-21)17-18-19-20-23(17)15-7-5-14(2)6-8-15/h5-8H,3-4,9-13H2,1-2H3. The molecule has 0 bridgehead atoms. The number of nitrogens with zero attached hydrogens (tertiary/aromatic N) is 6. The lowest BCUT2D eigenvalue weighted by Gasteiger charge is -2.21. The zero-order chi connectivity index (χ0) is 17.6. The van der Waals surface area contributed by atoms with Crippen LogP contribution in [0.3, 0.4) is 0 Å². The van der Waals surface area contributed by atoms with Crippen molar-refractivity contribution in [3.63, 3.8) is 0 Å². The van der Waals surface area contributed by atoms with Crippen molar-refractivity contribution in [2.45, 2.75) is 20.3 Å². The monoisotopic (exact) mass is 344 g/mol. The highest BCUT2D eigenvalue weighted by molar-refractivity contribution is 5.71. The number of tetrazole rings is 1. The van der Waals surface area contributed by atoms with Crippen molar-refractivity contribution in [2.24, 2.45) is 0 Å². The third kappa shape index (κ3) is 4.33. The van der Waals surface area contributed by atoms with Crippen LogP contribution in [0, 0.1) is 6.92 Å². The molecule has 1 aliphatic rings. The van der Waals surface area contributed by atoms with Crippen molar-refractivity contribution in [3.8, 4) is 5.69 Å². The second-order valence-corrected chi connectivity index (χ2v) is 6.15. The maximum absolute atomic E-state index is 11.7. The Kier molecular flexibility index (Phi) is 5.60. The van der Waals surface area contributed by atoms with E-state index in [9.17, 15) is 4.79 Å². The van der Waals surface area contributed by atoms with Crippen molar-refractivity contribution in [1.82, 2.24) is 25.1 Å². The highest BCUT2D eigenvalue weighted by Gasteiger charge is 2.21. The Morgan fingerprint density at radius 3 is 2.72 bits per heavy atom. The first kappa shape index (κ1) is 17.3. The number of anilines is 1. The summed E-state index contributed by atoms with van der Waals surface area (Å²) in [5, 5.41) is 12.2. The van der Waals surface area contributed by atoms with Crippen molar-refractivity contribution >= 4 is 11.9 Å². The summed E-state index contributed by atoms with van der Waals surface area (Å²) in [6.45, 7) is 7.90. The maximum Gasteiger partial charge on any atom is 0.320 e. The van der Waals surface area contributed by atoms with Gasteiger partial charge in [-0.1, -0.05) is 22.8 Å². The fraction of sp³-hybridized carbons (Fsp3) is 0.529. The van der Waals surface area contributed by atoms with E-state index >= 15 is 0 Å². The summed E-state index contributed by atoms with van der Waals surface area (Å²) < 4.78 is 6.80. The van der Waals surface area contributed by atoms with Crippen molar-refractivity contribution in [2.75, 3.05) is 44.2 Å². The average Bonchev–Trinajstić information content (AvgIpc) is 2.97. The number of benzene rings is 1. The summed E-state index contributed by atoms with van der Waals surface area (Å²) >= 11 is 0. The van der Waals surface area contributed by atoms with Gasteiger partial charge in [0.05, 0.1) is 18.8 Å². The molecular weight excluding hydrogens is 320 g/mol. The summed E-state index contributed by atoms with van der Waals surface area (Å²) in [5.74, 6) is 0.572. The van der Waals surface area contributed by atoms with Gasteiger partial charge in [-0.15, -0.1) is 0 Å². The molecule has 0 aliphatic carbocycles. The second-order valence-electron chi connectivity index (χ2n) is 6.15. The Balaban J connectivity index is 1.68. The van der Waals surface area contributed by atoms with E-state index in [1.54, 1.807) is 4.68 Å². The topological polar surface area (TPSA) is 76.4 Å². The molecule has 1 saturated heterocycles. The van der Waals surface area contributed by atoms with Crippen LogP contribution in [-0.4, -0.2) is 70.4 Å². The third-order valence-electron chi connectivity index (χ3n) is 4.26. The van der Waals surface area contributed by atoms with E-state index in [4.69, 9.17) is 4.74 Å². The number of hydrogen-bond acceptors (Lipinski definition) is 7. The molecule has 1 aromatic heterocycles. The van der Waals surface area contributed by atoms with Gasteiger partial charge in [0.15, 0.2) is 0 Å². The molecule has 0 atom stereocenters. The number of esters is 1. The van der Waals surface area contributed by atoms with Gasteiger partial charge in [-0.2, -0.15) is 4.68 Å². The Morgan fingerprint density at radius 1 is 1.16 bits per heavy atom. The normalized spacial score (nSPS) is 15.8. The molecular formula is C17H24N6O2. The summed E-state index contributed by atoms with van der Waals surface area (Å²) in [6, 6.07) is 8.12. The van der Waals surface area contributed by atoms with E-state index in [-0.39, 0.29) is 5.97 Å². The van der Waals surface area contributed by atoms with Gasteiger partial charge in [0.2, 0.25) is 5.95 Å². The van der Waals surface area contributed by atoms with Crippen LogP contribution in [0.5, 0.6) is 0 Å². The van der Waals surface area contributed by atoms with E-state index in [1.807, 2.05) is 31.2 Å². The SMILES string of the molecule is CCOC(=O)CN1CCCN(c2nnnn2-c2ccc(C)cc2)CC1. The van der Waals surface area contributed by atoms with Gasteiger partial charge in [0, 0.05) is 26.2 Å². The number of ether oxygens (including phenoxy) is 1. The van der Waals surface area contributed by atoms with Gasteiger partial charge in [-0.25, -0.2) is 0 Å². The van der Waals surface area contributed by atoms with E-state index in [2.05, 4.69) is 32.2 Å². The number of hydrogen-bond donors (Lipinski definition) is 0. The minimum atomic E-state index is -0.166. The third-order valence-corrected chi connectivity index (χ3v) is 4.26. The van der Waals surface area contributed by atoms with Crippen molar-refractivity contribution in [1.29, 1.82) is 0 Å². The molecule has 134 valence electrons. The van der Waals surface area contributed by atoms with E-state index < -0.39 is 0 Å². The predicted molar refractivity (Wildman–Crippen MR) is 93.8 cm³/mol. The lowest BCUT2D eigenvalue weighted by molar-refractivity contribution is -0.144. The molecule has 0 saturated carbocycles. The zero-order valence-electron chi connectivity index (χ0n) is 14.8. The van der Waals surface area contributed by atoms with Gasteiger partial charge < -0.3 is 9.64 Å². The molecule has 0 N–H and O–H groups in total. The van der Waals surface area contributed by atoms with Gasteiger partial charge in [0.25, 0.3) is 0 Å². The van der Waals surface area contributed by atoms with Gasteiger partial charge in [-0.05, 0) is 42.8 Å². The minimum absolute atomic E-state index is 0.166. The number of aromatic nitrogens is 4. The summed E-state index contributed by atoms with van der Waals surface area (Å²) in [6.07, 6.45) is 0.945. The number of aryl methyl sites for hydroxylation is 1. The van der Waals surface area contributed by atoms with Gasteiger partial charge >= 0.3 is 5.97 Å². The summed E-state index contributed by atoms with van der Waals surface area (Å²) in [4.78, 5) is 16.0. The maximum atomic E-state index is 11.7. The fourth-order valence-corrected chi connectivity index (χ4v) is 2.95. The first-order valence-electron chi connectivity index (χ1n) is 8.65.